The molecule has 0 atom stereocenters. The van der Waals surface area contributed by atoms with Gasteiger partial charge in [0, 0.05) is 27.7 Å². The maximum absolute atomic E-state index is 12.5. The Morgan fingerprint density at radius 3 is 1.02 bits per heavy atom. The highest BCUT2D eigenvalue weighted by Crippen LogP contribution is 2.39. The largest absolute Gasteiger partial charge is 0.507 e. The summed E-state index contributed by atoms with van der Waals surface area (Å²) in [5, 5.41) is 79.4. The number of carboxylic acids is 1. The quantitative estimate of drug-likeness (QED) is 0.0302. The first kappa shape index (κ1) is 84.5. The topological polar surface area (TPSA) is 417 Å². The minimum absolute atomic E-state index is 0.00190. The Bertz CT molecular complexity index is 5390. The molecule has 0 aliphatic rings. The van der Waals surface area contributed by atoms with Gasteiger partial charge in [-0.15, -0.1) is 0 Å². The zero-order chi connectivity index (χ0) is 79.6. The van der Waals surface area contributed by atoms with E-state index in [1.807, 2.05) is 0 Å². The van der Waals surface area contributed by atoms with Crippen molar-refractivity contribution in [1.29, 1.82) is 0 Å². The number of aromatic nitrogens is 1. The number of azo groups is 4. The summed E-state index contributed by atoms with van der Waals surface area (Å²) in [4.78, 5) is 15.2. The molecule has 0 amide bonds. The van der Waals surface area contributed by atoms with Gasteiger partial charge in [-0.2, -0.15) is 74.6 Å². The molecule has 11 rings (SSSR count). The first-order chi connectivity index (χ1) is 50.5. The number of hydrogen-bond acceptors (Lipinski definition) is 27. The molecule has 28 nitrogen and oxygen atoms in total. The number of halogens is 10. The average molecular weight is 1690 g/mol. The molecule has 108 heavy (non-hydrogen) atoms. The number of aromatic hydroxyl groups is 4. The van der Waals surface area contributed by atoms with Gasteiger partial charge in [-0.1, -0.05) is 97.3 Å². The van der Waals surface area contributed by atoms with Gasteiger partial charge in [0.05, 0.1) is 71.2 Å². The highest BCUT2D eigenvalue weighted by molar-refractivity contribution is 7.82. The van der Waals surface area contributed by atoms with Crippen LogP contribution in [0.3, 0.4) is 0 Å². The molecule has 0 fully saturated rings. The second-order valence-electron chi connectivity index (χ2n) is 21.2. The predicted molar refractivity (Wildman–Crippen MR) is 393 cm³/mol. The monoisotopic (exact) mass is 1680 g/mol. The van der Waals surface area contributed by atoms with Crippen LogP contribution in [0.5, 0.6) is 46.0 Å². The summed E-state index contributed by atoms with van der Waals surface area (Å²) in [6.07, 6.45) is 0. The minimum Gasteiger partial charge on any atom is -0.507 e. The fourth-order valence-corrected chi connectivity index (χ4v) is 11.1. The van der Waals surface area contributed by atoms with Crippen LogP contribution < -0.4 is 16.7 Å². The third-order valence-corrected chi connectivity index (χ3v) is 16.1. The van der Waals surface area contributed by atoms with E-state index >= 15 is 0 Å². The molecule has 0 aliphatic heterocycles. The molecule has 0 saturated carbocycles. The zero-order valence-electron chi connectivity index (χ0n) is 54.7. The van der Waals surface area contributed by atoms with Crippen molar-refractivity contribution < 1.29 is 101 Å². The van der Waals surface area contributed by atoms with Gasteiger partial charge in [0.15, 0.2) is 17.1 Å². The summed E-state index contributed by atoms with van der Waals surface area (Å²) < 4.78 is 154. The molecule has 1 aromatic heterocycles. The predicted octanol–water partition coefficient (Wildman–Crippen LogP) is 21.9. The van der Waals surface area contributed by atoms with E-state index in [0.717, 1.165) is 0 Å². The smallest absolute Gasteiger partial charge is 0.488 e. The van der Waals surface area contributed by atoms with Crippen molar-refractivity contribution in [3.05, 3.63) is 240 Å². The highest BCUT2D eigenvalue weighted by Gasteiger charge is 2.17. The van der Waals surface area contributed by atoms with E-state index in [4.69, 9.17) is 79.1 Å². The lowest BCUT2D eigenvalue weighted by Gasteiger charge is -2.04. The second-order valence-corrected chi connectivity index (χ2v) is 27.5. The second kappa shape index (κ2) is 37.1. The number of benzene rings is 10. The molecule has 10 aromatic carbocycles. The van der Waals surface area contributed by atoms with Gasteiger partial charge >= 0.3 is 48.0 Å². The van der Waals surface area contributed by atoms with E-state index in [1.54, 1.807) is 82.3 Å². The standard InChI is InChI=1S/C14H7Cl2NO3.2C14H13FN2O4S.2C12H7Cl2FN2O4S/c15-9-3-8(4-10(16)6-9)13-17-11-2-1-7(14(18)19)5-12(11)20-13;1-9-7-12(8-10(2)14(9)18)17-16-11-3-5-13(6-4-11)21-22(15,19)20;1-9-6-12(7-10(2)14(9)18)17-16-11-4-3-5-13(8-11)21-22(15,19)20;13-10-5-8(6-11(14)12(10)18)17-16-7-1-3-9(4-2-7)21-22(15,19)20;13-10-5-8(6-11(14)12(10)18)17-16-7-2-1-3-9(4-7)21-22(15,19)20/h1-6H,(H,18,19);2*3-8,18H,1-2H3;2*1-6,18H. The van der Waals surface area contributed by atoms with Gasteiger partial charge in [0.2, 0.25) is 5.89 Å². The normalized spacial score (nSPS) is 11.6. The Morgan fingerprint density at radius 1 is 0.370 bits per heavy atom. The van der Waals surface area contributed by atoms with Crippen LogP contribution >= 0.6 is 69.6 Å². The van der Waals surface area contributed by atoms with E-state index in [-0.39, 0.29) is 83.0 Å². The number of carboxylic acid groups (broad SMARTS) is 1. The lowest BCUT2D eigenvalue weighted by atomic mass is 10.1. The van der Waals surface area contributed by atoms with Crippen LogP contribution in [0.25, 0.3) is 22.6 Å². The maximum atomic E-state index is 12.5. The summed E-state index contributed by atoms with van der Waals surface area (Å²) in [7, 11) is -20.3. The van der Waals surface area contributed by atoms with Crippen LogP contribution in [0.1, 0.15) is 32.6 Å². The first-order valence-corrected chi connectivity index (χ1v) is 36.7. The van der Waals surface area contributed by atoms with Crippen LogP contribution in [-0.2, 0) is 42.0 Å². The number of oxazole rings is 1. The third-order valence-electron chi connectivity index (χ3n) is 12.9. The molecule has 42 heteroatoms. The lowest BCUT2D eigenvalue weighted by molar-refractivity contribution is 0.0696. The Balaban J connectivity index is 0.000000188. The van der Waals surface area contributed by atoms with Crippen LogP contribution in [0.2, 0.25) is 30.1 Å². The van der Waals surface area contributed by atoms with E-state index in [2.05, 4.69) is 62.6 Å². The van der Waals surface area contributed by atoms with Crippen molar-refractivity contribution in [2.45, 2.75) is 27.7 Å². The number of hydrogen-bond donors (Lipinski definition) is 5. The molecule has 0 bridgehead atoms. The van der Waals surface area contributed by atoms with Gasteiger partial charge in [-0.3, -0.25) is 0 Å². The number of phenols is 4. The Morgan fingerprint density at radius 2 is 0.685 bits per heavy atom. The molecule has 0 aliphatic carbocycles. The Labute approximate surface area is 641 Å². The number of aromatic carboxylic acids is 1. The fraction of sp³-hybridized carbons (Fsp3) is 0.0606. The number of aryl methyl sites for hydroxylation is 4. The van der Waals surface area contributed by atoms with Crippen molar-refractivity contribution in [2.24, 2.45) is 40.9 Å². The highest BCUT2D eigenvalue weighted by atomic mass is 35.5. The Hall–Kier alpha value is -10.8. The van der Waals surface area contributed by atoms with Crippen LogP contribution in [0, 0.1) is 27.7 Å². The molecule has 0 spiro atoms. The third kappa shape index (κ3) is 27.8. The zero-order valence-corrected chi connectivity index (χ0v) is 62.5. The van der Waals surface area contributed by atoms with Gasteiger partial charge in [0.1, 0.15) is 40.0 Å². The van der Waals surface area contributed by atoms with Gasteiger partial charge in [0.25, 0.3) is 0 Å². The molecule has 0 radical (unpaired) electrons. The molecule has 0 unspecified atom stereocenters. The van der Waals surface area contributed by atoms with E-state index in [0.29, 0.717) is 89.0 Å². The molecule has 564 valence electrons. The lowest BCUT2D eigenvalue weighted by Crippen LogP contribution is -2.00. The summed E-state index contributed by atoms with van der Waals surface area (Å²) in [5.74, 6) is -1.59. The maximum Gasteiger partial charge on any atom is 0.488 e. The minimum atomic E-state index is -5.11. The van der Waals surface area contributed by atoms with Crippen molar-refractivity contribution in [2.75, 3.05) is 0 Å². The summed E-state index contributed by atoms with van der Waals surface area (Å²) >= 11 is 34.8. The summed E-state index contributed by atoms with van der Waals surface area (Å²) in [6, 6.07) is 42.9. The Kier molecular flexibility index (Phi) is 29.1. The summed E-state index contributed by atoms with van der Waals surface area (Å²) in [6.45, 7) is 6.99. The van der Waals surface area contributed by atoms with Crippen molar-refractivity contribution in [3.8, 4) is 57.5 Å². The number of carbonyl (C=O) groups is 1. The molecule has 5 N–H and O–H groups in total. The molecular weight excluding hydrogens is 1640 g/mol. The van der Waals surface area contributed by atoms with Gasteiger partial charge < -0.3 is 46.7 Å². The first-order valence-electron chi connectivity index (χ1n) is 29.2. The molecular formula is C66H47Cl6F4N9O19S4. The van der Waals surface area contributed by atoms with E-state index in [1.165, 1.54) is 127 Å². The SMILES string of the molecule is Cc1cc(N=Nc2ccc(OS(=O)(=O)F)cc2)cc(C)c1O.Cc1cc(N=Nc2cccc(OS(=O)(=O)F)c2)cc(C)c1O.O=C(O)c1ccc2nc(-c3cc(Cl)cc(Cl)c3)oc2c1.O=S(=O)(F)Oc1ccc(N=Nc2cc(Cl)c(O)c(Cl)c2)cc1.O=S(=O)(F)Oc1cccc(N=Nc2cc(Cl)c(O)c(Cl)c2)c1. The number of rotatable bonds is 18. The molecule has 0 saturated heterocycles. The molecule has 11 aromatic rings. The van der Waals surface area contributed by atoms with E-state index < -0.39 is 48.0 Å². The van der Waals surface area contributed by atoms with Crippen molar-refractivity contribution in [3.63, 3.8) is 0 Å². The summed E-state index contributed by atoms with van der Waals surface area (Å²) in [5.41, 5.74) is 7.40. The average Bonchev–Trinajstić information content (AvgIpc) is 1.65. The number of fused-ring (bicyclic) bond motifs is 1. The van der Waals surface area contributed by atoms with Crippen molar-refractivity contribution in [1.82, 2.24) is 4.98 Å². The molecule has 1 heterocycles. The van der Waals surface area contributed by atoms with Gasteiger partial charge in [-0.05, 0) is 208 Å². The van der Waals surface area contributed by atoms with Crippen LogP contribution in [0.4, 0.5) is 61.0 Å². The van der Waals surface area contributed by atoms with Crippen LogP contribution in [0.15, 0.2) is 227 Å². The van der Waals surface area contributed by atoms with E-state index in [9.17, 15) is 74.4 Å². The fourth-order valence-electron chi connectivity index (χ4n) is 8.31. The number of nitrogens with zero attached hydrogens (tertiary/aromatic N) is 9. The van der Waals surface area contributed by atoms with Crippen LogP contribution in [-0.4, -0.2) is 70.2 Å². The number of phenolic OH excluding ortho intramolecular Hbond substituents is 4. The van der Waals surface area contributed by atoms with Crippen molar-refractivity contribution >= 4 is 174 Å². The van der Waals surface area contributed by atoms with Gasteiger partial charge in [-0.25, -0.2) is 9.78 Å².